The van der Waals surface area contributed by atoms with Crippen LogP contribution in [0, 0.1) is 0 Å². The lowest BCUT2D eigenvalue weighted by atomic mass is 10.1. The van der Waals surface area contributed by atoms with Gasteiger partial charge in [-0.3, -0.25) is 4.79 Å². The molecule has 0 saturated carbocycles. The van der Waals surface area contributed by atoms with Crippen LogP contribution in [0.25, 0.3) is 0 Å². The van der Waals surface area contributed by atoms with Gasteiger partial charge in [0.1, 0.15) is 5.82 Å². The van der Waals surface area contributed by atoms with Gasteiger partial charge in [0.05, 0.1) is 39.1 Å². The van der Waals surface area contributed by atoms with Crippen LogP contribution in [0.1, 0.15) is 43.0 Å². The van der Waals surface area contributed by atoms with Gasteiger partial charge < -0.3 is 19.5 Å². The average Bonchev–Trinajstić information content (AvgIpc) is 2.94. The number of hydrogen-bond donors (Lipinski definition) is 1. The molecule has 1 N–H and O–H groups in total. The minimum atomic E-state index is -0.492. The zero-order chi connectivity index (χ0) is 25.9. The van der Waals surface area contributed by atoms with Gasteiger partial charge in [-0.1, -0.05) is 66.7 Å². The SMILES string of the molecule is COC(=O)c1ccc(NC(=O)c2cc(COCc3ccccc3)cc(COCc3ccccc3)c2)nc1. The maximum atomic E-state index is 13.1. The van der Waals surface area contributed by atoms with Gasteiger partial charge in [-0.15, -0.1) is 0 Å². The Morgan fingerprint density at radius 1 is 0.676 bits per heavy atom. The third-order valence-corrected chi connectivity index (χ3v) is 5.50. The fraction of sp³-hybridized carbons (Fsp3) is 0.167. The monoisotopic (exact) mass is 496 g/mol. The molecule has 4 aromatic rings. The van der Waals surface area contributed by atoms with Crippen molar-refractivity contribution in [3.63, 3.8) is 0 Å². The molecule has 3 aromatic carbocycles. The third kappa shape index (κ3) is 7.83. The van der Waals surface area contributed by atoms with Crippen LogP contribution in [0.5, 0.6) is 0 Å². The summed E-state index contributed by atoms with van der Waals surface area (Å²) in [7, 11) is 1.30. The quantitative estimate of drug-likeness (QED) is 0.274. The second-order valence-electron chi connectivity index (χ2n) is 8.37. The number of carbonyl (C=O) groups is 2. The second-order valence-corrected chi connectivity index (χ2v) is 8.37. The standard InChI is InChI=1S/C30H28N2O5/c1-35-30(34)26-12-13-28(31-17-26)32-29(33)27-15-24(20-36-18-22-8-4-2-5-9-22)14-25(16-27)21-37-19-23-10-6-3-7-11-23/h2-17H,18-21H2,1H3,(H,31,32,33). The molecule has 7 heteroatoms. The van der Waals surface area contributed by atoms with Crippen molar-refractivity contribution in [1.29, 1.82) is 0 Å². The van der Waals surface area contributed by atoms with E-state index in [1.54, 1.807) is 24.3 Å². The highest BCUT2D eigenvalue weighted by molar-refractivity contribution is 6.04. The van der Waals surface area contributed by atoms with Gasteiger partial charge in [0, 0.05) is 11.8 Å². The Labute approximate surface area is 216 Å². The molecule has 0 bridgehead atoms. The van der Waals surface area contributed by atoms with Crippen LogP contribution in [0.4, 0.5) is 5.82 Å². The Kier molecular flexibility index (Phi) is 9.12. The van der Waals surface area contributed by atoms with Crippen molar-refractivity contribution in [1.82, 2.24) is 4.98 Å². The molecule has 0 aliphatic carbocycles. The highest BCUT2D eigenvalue weighted by atomic mass is 16.5. The Hall–Kier alpha value is -4.33. The van der Waals surface area contributed by atoms with E-state index in [9.17, 15) is 9.59 Å². The lowest BCUT2D eigenvalue weighted by molar-refractivity contribution is 0.0600. The van der Waals surface area contributed by atoms with Crippen molar-refractivity contribution in [2.24, 2.45) is 0 Å². The van der Waals surface area contributed by atoms with E-state index in [2.05, 4.69) is 15.0 Å². The second kappa shape index (κ2) is 13.1. The number of rotatable bonds is 11. The van der Waals surface area contributed by atoms with E-state index in [1.807, 2.05) is 66.7 Å². The van der Waals surface area contributed by atoms with Crippen molar-refractivity contribution in [3.8, 4) is 0 Å². The van der Waals surface area contributed by atoms with E-state index < -0.39 is 5.97 Å². The molecule has 0 aliphatic rings. The molecule has 0 atom stereocenters. The van der Waals surface area contributed by atoms with Gasteiger partial charge in [0.15, 0.2) is 0 Å². The number of ether oxygens (including phenoxy) is 3. The number of carbonyl (C=O) groups excluding carboxylic acids is 2. The summed E-state index contributed by atoms with van der Waals surface area (Å²) in [5.41, 5.74) is 4.62. The summed E-state index contributed by atoms with van der Waals surface area (Å²) in [5, 5.41) is 2.78. The lowest BCUT2D eigenvalue weighted by Gasteiger charge is -2.12. The largest absolute Gasteiger partial charge is 0.465 e. The smallest absolute Gasteiger partial charge is 0.339 e. The molecule has 4 rings (SSSR count). The fourth-order valence-electron chi connectivity index (χ4n) is 3.68. The number of aromatic nitrogens is 1. The number of hydrogen-bond acceptors (Lipinski definition) is 6. The molecule has 1 heterocycles. The Balaban J connectivity index is 1.46. The van der Waals surface area contributed by atoms with Crippen LogP contribution in [-0.2, 0) is 40.6 Å². The zero-order valence-corrected chi connectivity index (χ0v) is 20.6. The van der Waals surface area contributed by atoms with E-state index in [0.29, 0.717) is 43.4 Å². The van der Waals surface area contributed by atoms with E-state index in [0.717, 1.165) is 22.3 Å². The molecule has 37 heavy (non-hydrogen) atoms. The number of nitrogens with one attached hydrogen (secondary N) is 1. The maximum absolute atomic E-state index is 13.1. The summed E-state index contributed by atoms with van der Waals surface area (Å²) in [6.45, 7) is 1.61. The van der Waals surface area contributed by atoms with E-state index in [1.165, 1.54) is 13.3 Å². The minimum absolute atomic E-state index is 0.302. The number of anilines is 1. The van der Waals surface area contributed by atoms with Crippen molar-refractivity contribution in [2.45, 2.75) is 26.4 Å². The van der Waals surface area contributed by atoms with Gasteiger partial charge in [-0.2, -0.15) is 0 Å². The normalized spacial score (nSPS) is 10.6. The molecule has 0 saturated heterocycles. The van der Waals surface area contributed by atoms with E-state index in [4.69, 9.17) is 9.47 Å². The van der Waals surface area contributed by atoms with Crippen LogP contribution >= 0.6 is 0 Å². The average molecular weight is 497 g/mol. The number of nitrogens with zero attached hydrogens (tertiary/aromatic N) is 1. The van der Waals surface area contributed by atoms with Gasteiger partial charge in [-0.25, -0.2) is 9.78 Å². The summed E-state index contributed by atoms with van der Waals surface area (Å²) in [6, 6.07) is 28.5. The van der Waals surface area contributed by atoms with Crippen LogP contribution < -0.4 is 5.32 Å². The van der Waals surface area contributed by atoms with E-state index >= 15 is 0 Å². The Morgan fingerprint density at radius 3 is 1.70 bits per heavy atom. The molecular formula is C30H28N2O5. The summed E-state index contributed by atoms with van der Waals surface area (Å²) in [4.78, 5) is 28.8. The third-order valence-electron chi connectivity index (χ3n) is 5.50. The van der Waals surface area contributed by atoms with Gasteiger partial charge in [0.2, 0.25) is 0 Å². The maximum Gasteiger partial charge on any atom is 0.339 e. The van der Waals surface area contributed by atoms with Gasteiger partial charge in [-0.05, 0) is 46.5 Å². The summed E-state index contributed by atoms with van der Waals surface area (Å²) >= 11 is 0. The van der Waals surface area contributed by atoms with Crippen molar-refractivity contribution >= 4 is 17.7 Å². The number of pyridine rings is 1. The highest BCUT2D eigenvalue weighted by Gasteiger charge is 2.12. The van der Waals surface area contributed by atoms with Crippen molar-refractivity contribution < 1.29 is 23.8 Å². The predicted molar refractivity (Wildman–Crippen MR) is 140 cm³/mol. The molecule has 0 radical (unpaired) electrons. The number of methoxy groups -OCH3 is 1. The highest BCUT2D eigenvalue weighted by Crippen LogP contribution is 2.17. The Bertz CT molecular complexity index is 1250. The van der Waals surface area contributed by atoms with Crippen LogP contribution in [0.3, 0.4) is 0 Å². The molecule has 188 valence electrons. The lowest BCUT2D eigenvalue weighted by Crippen LogP contribution is -2.14. The van der Waals surface area contributed by atoms with Crippen molar-refractivity contribution in [3.05, 3.63) is 131 Å². The van der Waals surface area contributed by atoms with Crippen molar-refractivity contribution in [2.75, 3.05) is 12.4 Å². The molecule has 1 amide bonds. The molecule has 1 aromatic heterocycles. The summed E-state index contributed by atoms with van der Waals surface area (Å²) in [5.74, 6) is -0.494. The van der Waals surface area contributed by atoms with Crippen LogP contribution in [0.2, 0.25) is 0 Å². The predicted octanol–water partition coefficient (Wildman–Crippen LogP) is 5.55. The fourth-order valence-corrected chi connectivity index (χ4v) is 3.68. The Morgan fingerprint density at radius 2 is 1.22 bits per heavy atom. The summed E-state index contributed by atoms with van der Waals surface area (Å²) in [6.07, 6.45) is 1.36. The zero-order valence-electron chi connectivity index (χ0n) is 20.6. The molecule has 7 nitrogen and oxygen atoms in total. The number of benzene rings is 3. The topological polar surface area (TPSA) is 86.8 Å². The number of amides is 1. The molecule has 0 fully saturated rings. The first-order chi connectivity index (χ1) is 18.1. The summed E-state index contributed by atoms with van der Waals surface area (Å²) < 4.78 is 16.5. The van der Waals surface area contributed by atoms with Crippen LogP contribution in [-0.4, -0.2) is 24.0 Å². The van der Waals surface area contributed by atoms with E-state index in [-0.39, 0.29) is 5.91 Å². The van der Waals surface area contributed by atoms with Gasteiger partial charge >= 0.3 is 5.97 Å². The first kappa shape index (κ1) is 25.8. The number of esters is 1. The van der Waals surface area contributed by atoms with Crippen LogP contribution in [0.15, 0.2) is 97.2 Å². The van der Waals surface area contributed by atoms with Gasteiger partial charge in [0.25, 0.3) is 5.91 Å². The first-order valence-corrected chi connectivity index (χ1v) is 11.8. The molecular weight excluding hydrogens is 468 g/mol. The first-order valence-electron chi connectivity index (χ1n) is 11.8. The molecule has 0 spiro atoms. The minimum Gasteiger partial charge on any atom is -0.465 e. The molecule has 0 unspecified atom stereocenters. The molecule has 0 aliphatic heterocycles.